The van der Waals surface area contributed by atoms with Crippen molar-refractivity contribution in [2.75, 3.05) is 38.1 Å². The van der Waals surface area contributed by atoms with Crippen molar-refractivity contribution in [3.63, 3.8) is 0 Å². The predicted molar refractivity (Wildman–Crippen MR) is 83.5 cm³/mol. The third-order valence-electron chi connectivity index (χ3n) is 3.17. The lowest BCUT2D eigenvalue weighted by Gasteiger charge is -2.18. The molecule has 0 aliphatic rings. The summed E-state index contributed by atoms with van der Waals surface area (Å²) in [4.78, 5) is 11.2. The first-order valence-electron chi connectivity index (χ1n) is 7.70. The van der Waals surface area contributed by atoms with Crippen molar-refractivity contribution >= 4 is 5.82 Å². The van der Waals surface area contributed by atoms with Crippen molar-refractivity contribution in [1.82, 2.24) is 14.9 Å². The monoisotopic (exact) mass is 280 g/mol. The molecular weight excluding hydrogens is 252 g/mol. The van der Waals surface area contributed by atoms with Gasteiger partial charge in [0.05, 0.1) is 0 Å². The molecule has 114 valence electrons. The molecule has 0 unspecified atom stereocenters. The lowest BCUT2D eigenvalue weighted by molar-refractivity contribution is 0.217. The Labute approximate surface area is 122 Å². The molecule has 5 heteroatoms. The van der Waals surface area contributed by atoms with Crippen LogP contribution in [0.25, 0.3) is 0 Å². The Morgan fingerprint density at radius 1 is 1.15 bits per heavy atom. The minimum absolute atomic E-state index is 0.662. The average Bonchev–Trinajstić information content (AvgIpc) is 2.49. The van der Waals surface area contributed by atoms with Gasteiger partial charge in [-0.05, 0) is 19.5 Å². The molecular formula is C15H28N4O. The number of anilines is 1. The first-order chi connectivity index (χ1) is 9.73. The molecule has 0 aromatic carbocycles. The highest BCUT2D eigenvalue weighted by molar-refractivity contribution is 5.38. The van der Waals surface area contributed by atoms with Gasteiger partial charge in [-0.2, -0.15) is 4.98 Å². The number of aromatic nitrogens is 2. The van der Waals surface area contributed by atoms with E-state index in [2.05, 4.69) is 47.9 Å². The van der Waals surface area contributed by atoms with Crippen LogP contribution >= 0.6 is 0 Å². The zero-order valence-electron chi connectivity index (χ0n) is 13.3. The van der Waals surface area contributed by atoms with E-state index in [0.29, 0.717) is 12.5 Å². The van der Waals surface area contributed by atoms with Crippen molar-refractivity contribution in [3.05, 3.63) is 11.9 Å². The molecule has 20 heavy (non-hydrogen) atoms. The van der Waals surface area contributed by atoms with Crippen LogP contribution in [0.1, 0.15) is 39.9 Å². The Hall–Kier alpha value is -1.36. The van der Waals surface area contributed by atoms with E-state index >= 15 is 0 Å². The molecule has 1 aromatic heterocycles. The summed E-state index contributed by atoms with van der Waals surface area (Å²) < 4.78 is 5.77. The molecule has 0 saturated carbocycles. The Balaban J connectivity index is 2.59. The Bertz CT molecular complexity index is 380. The molecule has 1 aromatic rings. The number of aryl methyl sites for hydroxylation is 1. The molecule has 0 saturated heterocycles. The van der Waals surface area contributed by atoms with Crippen LogP contribution in [0.15, 0.2) is 6.07 Å². The highest BCUT2D eigenvalue weighted by Gasteiger charge is 2.05. The van der Waals surface area contributed by atoms with Gasteiger partial charge in [-0.15, -0.1) is 0 Å². The normalized spacial score (nSPS) is 10.8. The Morgan fingerprint density at radius 3 is 2.50 bits per heavy atom. The molecule has 0 radical (unpaired) electrons. The van der Waals surface area contributed by atoms with Crippen LogP contribution in [0.3, 0.4) is 0 Å². The van der Waals surface area contributed by atoms with E-state index < -0.39 is 0 Å². The molecule has 5 nitrogen and oxygen atoms in total. The quantitative estimate of drug-likeness (QED) is 0.714. The second-order valence-corrected chi connectivity index (χ2v) is 4.66. The van der Waals surface area contributed by atoms with Crippen LogP contribution < -0.4 is 10.1 Å². The molecule has 0 amide bonds. The third kappa shape index (κ3) is 5.74. The minimum atomic E-state index is 0.662. The summed E-state index contributed by atoms with van der Waals surface area (Å²) in [5.74, 6) is 2.35. The Kier molecular flexibility index (Phi) is 7.95. The standard InChI is InChI=1S/C15H28N4O/c1-5-9-16-14-12-15(18-13(6-2)17-14)20-11-10-19(7-3)8-4/h12H,5-11H2,1-4H3,(H,16,17,18). The number of hydrogen-bond donors (Lipinski definition) is 1. The van der Waals surface area contributed by atoms with E-state index in [1.807, 2.05) is 6.07 Å². The van der Waals surface area contributed by atoms with Crippen LogP contribution in [0.5, 0.6) is 5.88 Å². The van der Waals surface area contributed by atoms with Gasteiger partial charge in [0.15, 0.2) is 0 Å². The number of likely N-dealkylation sites (N-methyl/N-ethyl adjacent to an activating group) is 1. The van der Waals surface area contributed by atoms with Crippen molar-refractivity contribution in [1.29, 1.82) is 0 Å². The zero-order chi connectivity index (χ0) is 14.8. The molecule has 0 atom stereocenters. The molecule has 1 N–H and O–H groups in total. The molecule has 1 heterocycles. The third-order valence-corrected chi connectivity index (χ3v) is 3.17. The fourth-order valence-corrected chi connectivity index (χ4v) is 1.87. The maximum atomic E-state index is 5.77. The molecule has 0 fully saturated rings. The van der Waals surface area contributed by atoms with Crippen LogP contribution in [-0.4, -0.2) is 47.7 Å². The largest absolute Gasteiger partial charge is 0.476 e. The summed E-state index contributed by atoms with van der Waals surface area (Å²) in [6, 6.07) is 1.89. The van der Waals surface area contributed by atoms with Crippen molar-refractivity contribution < 1.29 is 4.74 Å². The van der Waals surface area contributed by atoms with E-state index in [0.717, 1.165) is 50.7 Å². The number of nitrogens with one attached hydrogen (secondary N) is 1. The van der Waals surface area contributed by atoms with Gasteiger partial charge in [-0.1, -0.05) is 27.7 Å². The highest BCUT2D eigenvalue weighted by atomic mass is 16.5. The molecule has 1 rings (SSSR count). The number of hydrogen-bond acceptors (Lipinski definition) is 5. The molecule has 0 spiro atoms. The highest BCUT2D eigenvalue weighted by Crippen LogP contribution is 2.14. The predicted octanol–water partition coefficient (Wildman–Crippen LogP) is 2.58. The summed E-state index contributed by atoms with van der Waals surface area (Å²) in [5.41, 5.74) is 0. The number of nitrogens with zero attached hydrogens (tertiary/aromatic N) is 3. The summed E-state index contributed by atoms with van der Waals surface area (Å²) >= 11 is 0. The molecule has 0 aliphatic carbocycles. The van der Waals surface area contributed by atoms with E-state index in [1.54, 1.807) is 0 Å². The number of ether oxygens (including phenoxy) is 1. The molecule has 0 bridgehead atoms. The lowest BCUT2D eigenvalue weighted by atomic mass is 10.4. The van der Waals surface area contributed by atoms with Crippen molar-refractivity contribution in [2.45, 2.75) is 40.5 Å². The fraction of sp³-hybridized carbons (Fsp3) is 0.733. The van der Waals surface area contributed by atoms with Gasteiger partial charge in [0.2, 0.25) is 5.88 Å². The summed E-state index contributed by atoms with van der Waals surface area (Å²) in [7, 11) is 0. The van der Waals surface area contributed by atoms with Gasteiger partial charge in [-0.3, -0.25) is 0 Å². The summed E-state index contributed by atoms with van der Waals surface area (Å²) in [6.07, 6.45) is 1.89. The van der Waals surface area contributed by atoms with Crippen molar-refractivity contribution in [2.24, 2.45) is 0 Å². The van der Waals surface area contributed by atoms with Crippen LogP contribution in [-0.2, 0) is 6.42 Å². The topological polar surface area (TPSA) is 50.3 Å². The van der Waals surface area contributed by atoms with Crippen LogP contribution in [0.4, 0.5) is 5.82 Å². The van der Waals surface area contributed by atoms with Gasteiger partial charge >= 0.3 is 0 Å². The van der Waals surface area contributed by atoms with E-state index in [1.165, 1.54) is 0 Å². The van der Waals surface area contributed by atoms with E-state index in [-0.39, 0.29) is 0 Å². The second-order valence-electron chi connectivity index (χ2n) is 4.66. The van der Waals surface area contributed by atoms with E-state index in [4.69, 9.17) is 4.74 Å². The van der Waals surface area contributed by atoms with Gasteiger partial charge in [0, 0.05) is 25.6 Å². The second kappa shape index (κ2) is 9.53. The minimum Gasteiger partial charge on any atom is -0.476 e. The smallest absolute Gasteiger partial charge is 0.218 e. The van der Waals surface area contributed by atoms with Gasteiger partial charge in [0.1, 0.15) is 18.2 Å². The summed E-state index contributed by atoms with van der Waals surface area (Å²) in [5, 5.41) is 3.29. The van der Waals surface area contributed by atoms with Crippen molar-refractivity contribution in [3.8, 4) is 5.88 Å². The van der Waals surface area contributed by atoms with Gasteiger partial charge in [0.25, 0.3) is 0 Å². The number of rotatable bonds is 10. The van der Waals surface area contributed by atoms with Gasteiger partial charge in [-0.25, -0.2) is 4.98 Å². The van der Waals surface area contributed by atoms with Gasteiger partial charge < -0.3 is 15.0 Å². The Morgan fingerprint density at radius 2 is 1.90 bits per heavy atom. The van der Waals surface area contributed by atoms with E-state index in [9.17, 15) is 0 Å². The SMILES string of the molecule is CCCNc1cc(OCCN(CC)CC)nc(CC)n1. The van der Waals surface area contributed by atoms with Crippen LogP contribution in [0.2, 0.25) is 0 Å². The maximum absolute atomic E-state index is 5.77. The first kappa shape index (κ1) is 16.7. The summed E-state index contributed by atoms with van der Waals surface area (Å²) in [6.45, 7) is 13.1. The maximum Gasteiger partial charge on any atom is 0.218 e. The zero-order valence-corrected chi connectivity index (χ0v) is 13.3. The fourth-order valence-electron chi connectivity index (χ4n) is 1.87. The lowest BCUT2D eigenvalue weighted by Crippen LogP contribution is -2.28. The molecule has 0 aliphatic heterocycles. The first-order valence-corrected chi connectivity index (χ1v) is 7.70. The average molecular weight is 280 g/mol. The van der Waals surface area contributed by atoms with Crippen LogP contribution in [0, 0.1) is 0 Å².